The van der Waals surface area contributed by atoms with E-state index in [1.54, 1.807) is 0 Å². The lowest BCUT2D eigenvalue weighted by atomic mass is 10.1. The first-order valence-corrected chi connectivity index (χ1v) is 7.71. The normalized spacial score (nSPS) is 21.6. The van der Waals surface area contributed by atoms with Gasteiger partial charge in [0.15, 0.2) is 0 Å². The Morgan fingerprint density at radius 2 is 2.36 bits per heavy atom. The molecule has 0 spiro atoms. The Morgan fingerprint density at radius 1 is 1.43 bits per heavy atom. The third-order valence-electron chi connectivity index (χ3n) is 2.33. The molecule has 0 aliphatic carbocycles. The summed E-state index contributed by atoms with van der Waals surface area (Å²) in [5.74, 6) is 5.90. The summed E-state index contributed by atoms with van der Waals surface area (Å²) in [4.78, 5) is 0. The molecule has 0 radical (unpaired) electrons. The molecule has 1 atom stereocenters. The number of aliphatic hydroxyl groups excluding tert-OH is 1. The van der Waals surface area contributed by atoms with Crippen LogP contribution in [0.2, 0.25) is 0 Å². The molecule has 0 amide bonds. The van der Waals surface area contributed by atoms with Crippen molar-refractivity contribution in [2.24, 2.45) is 5.92 Å². The fraction of sp³-hybridized carbons (Fsp3) is 1.00. The fourth-order valence-electron chi connectivity index (χ4n) is 1.46. The zero-order valence-corrected chi connectivity index (χ0v) is 10.3. The van der Waals surface area contributed by atoms with E-state index in [1.165, 1.54) is 30.2 Å². The zero-order chi connectivity index (χ0) is 10.1. The van der Waals surface area contributed by atoms with Gasteiger partial charge in [-0.05, 0) is 42.6 Å². The van der Waals surface area contributed by atoms with Crippen LogP contribution >= 0.6 is 23.5 Å². The van der Waals surface area contributed by atoms with Crippen molar-refractivity contribution in [2.45, 2.75) is 12.8 Å². The molecule has 2 N–H and O–H groups in total. The molecule has 0 aromatic heterocycles. The van der Waals surface area contributed by atoms with E-state index < -0.39 is 0 Å². The first-order chi connectivity index (χ1) is 6.93. The number of nitrogens with one attached hydrogen (secondary N) is 1. The van der Waals surface area contributed by atoms with E-state index in [0.29, 0.717) is 6.61 Å². The van der Waals surface area contributed by atoms with Gasteiger partial charge in [0, 0.05) is 18.9 Å². The van der Waals surface area contributed by atoms with Crippen LogP contribution in [0.1, 0.15) is 12.8 Å². The summed E-state index contributed by atoms with van der Waals surface area (Å²) in [7, 11) is 0. The van der Waals surface area contributed by atoms with Crippen molar-refractivity contribution in [2.75, 3.05) is 42.7 Å². The number of thioether (sulfide) groups is 2. The molecule has 1 aliphatic heterocycles. The molecule has 0 aromatic rings. The van der Waals surface area contributed by atoms with E-state index in [4.69, 9.17) is 5.11 Å². The number of aliphatic hydroxyl groups is 1. The second kappa shape index (κ2) is 8.89. The summed E-state index contributed by atoms with van der Waals surface area (Å²) in [6.45, 7) is 2.66. The molecule has 0 bridgehead atoms. The highest BCUT2D eigenvalue weighted by atomic mass is 32.2. The van der Waals surface area contributed by atoms with E-state index in [-0.39, 0.29) is 0 Å². The topological polar surface area (TPSA) is 32.3 Å². The Bertz CT molecular complexity index is 129. The van der Waals surface area contributed by atoms with Crippen LogP contribution < -0.4 is 5.32 Å². The minimum absolute atomic E-state index is 0.333. The highest BCUT2D eigenvalue weighted by molar-refractivity contribution is 7.99. The summed E-state index contributed by atoms with van der Waals surface area (Å²) in [5, 5.41) is 12.1. The van der Waals surface area contributed by atoms with Crippen LogP contribution in [0.4, 0.5) is 0 Å². The standard InChI is InChI=1S/C10H21NOS2/c12-4-1-5-13-7-3-11-8-10-2-6-14-9-10/h10-12H,1-9H2. The third kappa shape index (κ3) is 6.17. The average molecular weight is 235 g/mol. The molecular weight excluding hydrogens is 214 g/mol. The van der Waals surface area contributed by atoms with Gasteiger partial charge in [0.2, 0.25) is 0 Å². The maximum Gasteiger partial charge on any atom is 0.0438 e. The Morgan fingerprint density at radius 3 is 3.07 bits per heavy atom. The molecule has 1 unspecified atom stereocenters. The molecule has 1 fully saturated rings. The Balaban J connectivity index is 1.75. The van der Waals surface area contributed by atoms with Gasteiger partial charge in [0.25, 0.3) is 0 Å². The maximum atomic E-state index is 8.58. The van der Waals surface area contributed by atoms with Gasteiger partial charge in [-0.1, -0.05) is 0 Å². The van der Waals surface area contributed by atoms with Crippen LogP contribution in [0.15, 0.2) is 0 Å². The number of hydrogen-bond acceptors (Lipinski definition) is 4. The predicted octanol–water partition coefficient (Wildman–Crippen LogP) is 1.44. The largest absolute Gasteiger partial charge is 0.396 e. The van der Waals surface area contributed by atoms with Crippen molar-refractivity contribution >= 4 is 23.5 Å². The van der Waals surface area contributed by atoms with Crippen LogP contribution in [0.3, 0.4) is 0 Å². The van der Waals surface area contributed by atoms with Gasteiger partial charge >= 0.3 is 0 Å². The number of hydrogen-bond donors (Lipinski definition) is 2. The molecule has 84 valence electrons. The first-order valence-electron chi connectivity index (χ1n) is 5.40. The van der Waals surface area contributed by atoms with Gasteiger partial charge < -0.3 is 10.4 Å². The van der Waals surface area contributed by atoms with Crippen LogP contribution in [-0.4, -0.2) is 47.8 Å². The Labute approximate surface area is 95.6 Å². The van der Waals surface area contributed by atoms with Crippen molar-refractivity contribution in [1.82, 2.24) is 5.32 Å². The molecule has 14 heavy (non-hydrogen) atoms. The lowest BCUT2D eigenvalue weighted by Gasteiger charge is -2.09. The molecule has 1 aliphatic rings. The summed E-state index contributed by atoms with van der Waals surface area (Å²) in [6, 6.07) is 0. The Hall–Kier alpha value is 0.620. The highest BCUT2D eigenvalue weighted by Crippen LogP contribution is 2.22. The highest BCUT2D eigenvalue weighted by Gasteiger charge is 2.13. The van der Waals surface area contributed by atoms with E-state index in [9.17, 15) is 0 Å². The van der Waals surface area contributed by atoms with Crippen molar-refractivity contribution in [3.8, 4) is 0 Å². The maximum absolute atomic E-state index is 8.58. The zero-order valence-electron chi connectivity index (χ0n) is 8.71. The summed E-state index contributed by atoms with van der Waals surface area (Å²) >= 11 is 4.02. The van der Waals surface area contributed by atoms with Gasteiger partial charge in [-0.3, -0.25) is 0 Å². The molecule has 0 aromatic carbocycles. The van der Waals surface area contributed by atoms with E-state index in [1.807, 2.05) is 11.8 Å². The summed E-state index contributed by atoms with van der Waals surface area (Å²) in [5.41, 5.74) is 0. The Kier molecular flexibility index (Phi) is 8.06. The smallest absolute Gasteiger partial charge is 0.0438 e. The van der Waals surface area contributed by atoms with Gasteiger partial charge in [0.05, 0.1) is 0 Å². The minimum Gasteiger partial charge on any atom is -0.396 e. The van der Waals surface area contributed by atoms with E-state index >= 15 is 0 Å². The second-order valence-corrected chi connectivity index (χ2v) is 6.00. The first kappa shape index (κ1) is 12.7. The van der Waals surface area contributed by atoms with Gasteiger partial charge in [-0.25, -0.2) is 0 Å². The lowest BCUT2D eigenvalue weighted by Crippen LogP contribution is -2.24. The van der Waals surface area contributed by atoms with E-state index in [0.717, 1.165) is 24.6 Å². The minimum atomic E-state index is 0.333. The van der Waals surface area contributed by atoms with Crippen molar-refractivity contribution in [3.05, 3.63) is 0 Å². The van der Waals surface area contributed by atoms with Gasteiger partial charge in [0.1, 0.15) is 0 Å². The predicted molar refractivity (Wildman–Crippen MR) is 67.3 cm³/mol. The van der Waals surface area contributed by atoms with Crippen LogP contribution in [0, 0.1) is 5.92 Å². The van der Waals surface area contributed by atoms with Crippen LogP contribution in [-0.2, 0) is 0 Å². The molecule has 1 heterocycles. The van der Waals surface area contributed by atoms with Gasteiger partial charge in [-0.2, -0.15) is 23.5 Å². The SMILES string of the molecule is OCCCSCCNCC1CCSC1. The third-order valence-corrected chi connectivity index (χ3v) is 4.63. The van der Waals surface area contributed by atoms with Crippen molar-refractivity contribution in [3.63, 3.8) is 0 Å². The van der Waals surface area contributed by atoms with E-state index in [2.05, 4.69) is 17.1 Å². The summed E-state index contributed by atoms with van der Waals surface area (Å²) in [6.07, 6.45) is 2.33. The van der Waals surface area contributed by atoms with Crippen molar-refractivity contribution < 1.29 is 5.11 Å². The van der Waals surface area contributed by atoms with Crippen molar-refractivity contribution in [1.29, 1.82) is 0 Å². The lowest BCUT2D eigenvalue weighted by molar-refractivity contribution is 0.296. The fourth-order valence-corrected chi connectivity index (χ4v) is 3.57. The van der Waals surface area contributed by atoms with Crippen LogP contribution in [0.5, 0.6) is 0 Å². The molecule has 2 nitrogen and oxygen atoms in total. The molecule has 1 saturated heterocycles. The second-order valence-electron chi connectivity index (χ2n) is 3.62. The quantitative estimate of drug-likeness (QED) is 0.624. The monoisotopic (exact) mass is 235 g/mol. The molecule has 1 rings (SSSR count). The molecule has 4 heteroatoms. The van der Waals surface area contributed by atoms with Gasteiger partial charge in [-0.15, -0.1) is 0 Å². The van der Waals surface area contributed by atoms with Crippen LogP contribution in [0.25, 0.3) is 0 Å². The average Bonchev–Trinajstić information content (AvgIpc) is 2.69. The molecule has 0 saturated carbocycles. The molecular formula is C10H21NOS2. The summed E-state index contributed by atoms with van der Waals surface area (Å²) < 4.78 is 0. The number of rotatable bonds is 8.